The Bertz CT molecular complexity index is 298. The van der Waals surface area contributed by atoms with Crippen LogP contribution in [-0.2, 0) is 14.3 Å². The van der Waals surface area contributed by atoms with Crippen molar-refractivity contribution in [3.8, 4) is 0 Å². The number of ether oxygens (including phenoxy) is 1. The van der Waals surface area contributed by atoms with Crippen LogP contribution in [0.15, 0.2) is 0 Å². The van der Waals surface area contributed by atoms with E-state index in [2.05, 4.69) is 10.1 Å². The summed E-state index contributed by atoms with van der Waals surface area (Å²) < 4.78 is 4.65. The lowest BCUT2D eigenvalue weighted by atomic mass is 9.97. The second kappa shape index (κ2) is 7.63. The van der Waals surface area contributed by atoms with Gasteiger partial charge in [0.1, 0.15) is 6.04 Å². The van der Waals surface area contributed by atoms with Gasteiger partial charge in [-0.2, -0.15) is 11.8 Å². The number of carbonyl (C=O) groups excluding carboxylic acids is 2. The van der Waals surface area contributed by atoms with Crippen molar-refractivity contribution in [1.82, 2.24) is 5.32 Å². The lowest BCUT2D eigenvalue weighted by Gasteiger charge is -2.28. The van der Waals surface area contributed by atoms with Crippen molar-refractivity contribution in [2.45, 2.75) is 50.0 Å². The Morgan fingerprint density at radius 3 is 2.67 bits per heavy atom. The fourth-order valence-electron chi connectivity index (χ4n) is 2.05. The third-order valence-corrected chi connectivity index (χ3v) is 4.51. The summed E-state index contributed by atoms with van der Waals surface area (Å²) in [5.41, 5.74) is 0. The van der Waals surface area contributed by atoms with Gasteiger partial charge in [-0.25, -0.2) is 4.79 Å². The summed E-state index contributed by atoms with van der Waals surface area (Å²) in [5.74, 6) is -0.258. The molecule has 0 aromatic heterocycles. The molecule has 1 saturated carbocycles. The Balaban J connectivity index is 2.45. The van der Waals surface area contributed by atoms with E-state index < -0.39 is 12.0 Å². The van der Waals surface area contributed by atoms with E-state index in [4.69, 9.17) is 0 Å². The summed E-state index contributed by atoms with van der Waals surface area (Å²) in [4.78, 5) is 22.5. The van der Waals surface area contributed by atoms with E-state index in [-0.39, 0.29) is 17.3 Å². The number of carbonyl (C=O) groups is 2. The normalized spacial score (nSPS) is 25.3. The van der Waals surface area contributed by atoms with E-state index >= 15 is 0 Å². The van der Waals surface area contributed by atoms with Crippen molar-refractivity contribution in [1.29, 1.82) is 0 Å². The molecule has 0 spiro atoms. The molecule has 3 atom stereocenters. The van der Waals surface area contributed by atoms with Crippen LogP contribution >= 0.6 is 11.8 Å². The van der Waals surface area contributed by atoms with Crippen molar-refractivity contribution in [2.24, 2.45) is 0 Å². The molecular weight excluding hydrogens is 254 g/mol. The fourth-order valence-corrected chi connectivity index (χ4v) is 3.40. The van der Waals surface area contributed by atoms with Gasteiger partial charge in [0.05, 0.1) is 13.2 Å². The summed E-state index contributed by atoms with van der Waals surface area (Å²) in [7, 11) is 1.30. The van der Waals surface area contributed by atoms with Crippen molar-refractivity contribution in [3.63, 3.8) is 0 Å². The maximum absolute atomic E-state index is 11.5. The summed E-state index contributed by atoms with van der Waals surface area (Å²) in [5, 5.41) is 12.6. The molecule has 0 unspecified atom stereocenters. The Hall–Kier alpha value is -0.750. The highest BCUT2D eigenvalue weighted by molar-refractivity contribution is 8.00. The number of aliphatic hydroxyl groups is 1. The Morgan fingerprint density at radius 1 is 1.44 bits per heavy atom. The molecule has 0 saturated heterocycles. The molecule has 1 fully saturated rings. The largest absolute Gasteiger partial charge is 0.467 e. The highest BCUT2D eigenvalue weighted by Crippen LogP contribution is 2.29. The van der Waals surface area contributed by atoms with Crippen molar-refractivity contribution in [3.05, 3.63) is 0 Å². The van der Waals surface area contributed by atoms with Gasteiger partial charge in [0, 0.05) is 17.9 Å². The van der Waals surface area contributed by atoms with Gasteiger partial charge in [-0.1, -0.05) is 12.8 Å². The highest BCUT2D eigenvalue weighted by Gasteiger charge is 2.27. The molecular formula is C12H21NO4S. The van der Waals surface area contributed by atoms with Crippen molar-refractivity contribution >= 4 is 23.6 Å². The van der Waals surface area contributed by atoms with Gasteiger partial charge in [-0.3, -0.25) is 4.79 Å². The number of thioether (sulfide) groups is 1. The van der Waals surface area contributed by atoms with Crippen molar-refractivity contribution < 1.29 is 19.4 Å². The first kappa shape index (κ1) is 15.3. The molecule has 0 aromatic carbocycles. The molecule has 18 heavy (non-hydrogen) atoms. The molecule has 0 radical (unpaired) electrons. The zero-order valence-electron chi connectivity index (χ0n) is 10.8. The van der Waals surface area contributed by atoms with Gasteiger partial charge in [-0.05, 0) is 12.8 Å². The standard InChI is InChI=1S/C12H21NO4S/c1-8(14)13-9(12(16)17-2)7-18-11-6-4-3-5-10(11)15/h9-11,15H,3-7H2,1-2H3,(H,13,14)/t9-,10+,11+/m1/s1. The van der Waals surface area contributed by atoms with Crippen LogP contribution in [0.2, 0.25) is 0 Å². The van der Waals surface area contributed by atoms with Crippen molar-refractivity contribution in [2.75, 3.05) is 12.9 Å². The lowest BCUT2D eigenvalue weighted by Crippen LogP contribution is -2.43. The maximum atomic E-state index is 11.5. The third kappa shape index (κ3) is 4.86. The van der Waals surface area contributed by atoms with Crippen LogP contribution in [0.25, 0.3) is 0 Å². The van der Waals surface area contributed by atoms with Crippen LogP contribution in [0.4, 0.5) is 0 Å². The number of rotatable bonds is 5. The van der Waals surface area contributed by atoms with Gasteiger partial charge < -0.3 is 15.2 Å². The molecule has 6 heteroatoms. The first-order chi connectivity index (χ1) is 8.54. The second-order valence-electron chi connectivity index (χ2n) is 4.50. The Labute approximate surface area is 112 Å². The minimum absolute atomic E-state index is 0.152. The second-order valence-corrected chi connectivity index (χ2v) is 5.77. The number of amides is 1. The molecule has 0 aromatic rings. The summed E-state index contributed by atoms with van der Waals surface area (Å²) in [6.07, 6.45) is 3.64. The zero-order chi connectivity index (χ0) is 13.5. The molecule has 1 rings (SSSR count). The first-order valence-electron chi connectivity index (χ1n) is 6.19. The third-order valence-electron chi connectivity index (χ3n) is 3.01. The van der Waals surface area contributed by atoms with E-state index in [9.17, 15) is 14.7 Å². The molecule has 0 aliphatic heterocycles. The Kier molecular flexibility index (Phi) is 6.49. The van der Waals surface area contributed by atoms with E-state index in [1.54, 1.807) is 0 Å². The van der Waals surface area contributed by atoms with Crippen LogP contribution in [0, 0.1) is 0 Å². The minimum atomic E-state index is -0.633. The van der Waals surface area contributed by atoms with Gasteiger partial charge >= 0.3 is 5.97 Å². The predicted molar refractivity (Wildman–Crippen MR) is 70.3 cm³/mol. The highest BCUT2D eigenvalue weighted by atomic mass is 32.2. The van der Waals surface area contributed by atoms with Crippen LogP contribution in [0.3, 0.4) is 0 Å². The van der Waals surface area contributed by atoms with Gasteiger partial charge in [0.15, 0.2) is 0 Å². The van der Waals surface area contributed by atoms with Crippen LogP contribution in [0.5, 0.6) is 0 Å². The number of aliphatic hydroxyl groups excluding tert-OH is 1. The molecule has 1 aliphatic rings. The zero-order valence-corrected chi connectivity index (χ0v) is 11.7. The predicted octanol–water partition coefficient (Wildman–Crippen LogP) is 0.701. The number of nitrogens with one attached hydrogen (secondary N) is 1. The molecule has 0 bridgehead atoms. The molecule has 1 aliphatic carbocycles. The minimum Gasteiger partial charge on any atom is -0.467 e. The van der Waals surface area contributed by atoms with E-state index in [1.165, 1.54) is 25.8 Å². The van der Waals surface area contributed by atoms with Gasteiger partial charge in [0.25, 0.3) is 0 Å². The number of methoxy groups -OCH3 is 1. The average Bonchev–Trinajstić information content (AvgIpc) is 2.34. The van der Waals surface area contributed by atoms with E-state index in [0.717, 1.165) is 25.7 Å². The number of hydrogen-bond donors (Lipinski definition) is 2. The lowest BCUT2D eigenvalue weighted by molar-refractivity contribution is -0.144. The average molecular weight is 275 g/mol. The van der Waals surface area contributed by atoms with Crippen LogP contribution in [-0.4, -0.2) is 47.2 Å². The summed E-state index contributed by atoms with van der Waals surface area (Å²) >= 11 is 1.53. The van der Waals surface area contributed by atoms with E-state index in [1.807, 2.05) is 0 Å². The molecule has 0 heterocycles. The SMILES string of the molecule is COC(=O)[C@@H](CS[C@H]1CCCC[C@@H]1O)NC(C)=O. The molecule has 104 valence electrons. The monoisotopic (exact) mass is 275 g/mol. The smallest absolute Gasteiger partial charge is 0.329 e. The van der Waals surface area contributed by atoms with Gasteiger partial charge in [-0.15, -0.1) is 0 Å². The molecule has 5 nitrogen and oxygen atoms in total. The topological polar surface area (TPSA) is 75.6 Å². The fraction of sp³-hybridized carbons (Fsp3) is 0.833. The summed E-state index contributed by atoms with van der Waals surface area (Å²) in [6, 6.07) is -0.633. The number of hydrogen-bond acceptors (Lipinski definition) is 5. The Morgan fingerprint density at radius 2 is 2.11 bits per heavy atom. The van der Waals surface area contributed by atoms with E-state index in [0.29, 0.717) is 5.75 Å². The van der Waals surface area contributed by atoms with Crippen LogP contribution < -0.4 is 5.32 Å². The quantitative estimate of drug-likeness (QED) is 0.722. The van der Waals surface area contributed by atoms with Gasteiger partial charge in [0.2, 0.25) is 5.91 Å². The maximum Gasteiger partial charge on any atom is 0.329 e. The first-order valence-corrected chi connectivity index (χ1v) is 7.24. The summed E-state index contributed by atoms with van der Waals surface area (Å²) in [6.45, 7) is 1.37. The van der Waals surface area contributed by atoms with Crippen LogP contribution in [0.1, 0.15) is 32.6 Å². The number of esters is 1. The molecule has 2 N–H and O–H groups in total. The molecule has 1 amide bonds.